The van der Waals surface area contributed by atoms with Crippen molar-refractivity contribution in [2.75, 3.05) is 11.5 Å². The Morgan fingerprint density at radius 3 is 2.38 bits per heavy atom. The molecule has 1 unspecified atom stereocenters. The fourth-order valence-electron chi connectivity index (χ4n) is 1.33. The zero-order valence-electron chi connectivity index (χ0n) is 10.5. The first-order valence-electron chi connectivity index (χ1n) is 6.10. The fraction of sp³-hybridized carbons (Fsp3) is 0.917. The minimum Gasteiger partial charge on any atom is -0.480 e. The van der Waals surface area contributed by atoms with E-state index in [4.69, 9.17) is 10.8 Å². The van der Waals surface area contributed by atoms with Gasteiger partial charge in [0.1, 0.15) is 5.54 Å². The highest BCUT2D eigenvalue weighted by atomic mass is 32.2. The molecule has 3 nitrogen and oxygen atoms in total. The van der Waals surface area contributed by atoms with Crippen LogP contribution in [0.3, 0.4) is 0 Å². The third-order valence-corrected chi connectivity index (χ3v) is 3.91. The Bertz CT molecular complexity index is 195. The van der Waals surface area contributed by atoms with Gasteiger partial charge < -0.3 is 10.8 Å². The molecule has 0 fully saturated rings. The summed E-state index contributed by atoms with van der Waals surface area (Å²) < 4.78 is 0. The highest BCUT2D eigenvalue weighted by Crippen LogP contribution is 2.14. The summed E-state index contributed by atoms with van der Waals surface area (Å²) in [6, 6.07) is 0. The molecule has 0 aromatic heterocycles. The Morgan fingerprint density at radius 1 is 1.25 bits per heavy atom. The van der Waals surface area contributed by atoms with Crippen molar-refractivity contribution in [3.8, 4) is 0 Å². The Kier molecular flexibility index (Phi) is 8.76. The summed E-state index contributed by atoms with van der Waals surface area (Å²) in [5, 5.41) is 8.80. The molecule has 0 aromatic carbocycles. The van der Waals surface area contributed by atoms with Gasteiger partial charge in [0.05, 0.1) is 0 Å². The summed E-state index contributed by atoms with van der Waals surface area (Å²) in [5.74, 6) is 0.603. The Hall–Kier alpha value is -0.220. The van der Waals surface area contributed by atoms with Crippen LogP contribution < -0.4 is 5.73 Å². The van der Waals surface area contributed by atoms with Gasteiger partial charge in [-0.3, -0.25) is 4.79 Å². The van der Waals surface area contributed by atoms with E-state index in [1.165, 1.54) is 38.5 Å². The number of hydrogen-bond acceptors (Lipinski definition) is 3. The number of nitrogens with two attached hydrogens (primary N) is 1. The maximum Gasteiger partial charge on any atom is 0.324 e. The van der Waals surface area contributed by atoms with Crippen molar-refractivity contribution < 1.29 is 9.90 Å². The van der Waals surface area contributed by atoms with Gasteiger partial charge in [-0.15, -0.1) is 0 Å². The minimum atomic E-state index is -1.08. The van der Waals surface area contributed by atoms with Gasteiger partial charge in [0.25, 0.3) is 0 Å². The second kappa shape index (κ2) is 8.88. The molecule has 0 rings (SSSR count). The van der Waals surface area contributed by atoms with E-state index in [2.05, 4.69) is 6.92 Å². The summed E-state index contributed by atoms with van der Waals surface area (Å²) >= 11 is 1.65. The van der Waals surface area contributed by atoms with E-state index in [9.17, 15) is 4.79 Å². The summed E-state index contributed by atoms with van der Waals surface area (Å²) in [4.78, 5) is 10.7. The third kappa shape index (κ3) is 7.99. The average Bonchev–Trinajstić information content (AvgIpc) is 2.21. The molecule has 0 aromatic rings. The van der Waals surface area contributed by atoms with Gasteiger partial charge in [0.2, 0.25) is 0 Å². The average molecular weight is 247 g/mol. The van der Waals surface area contributed by atoms with Crippen molar-refractivity contribution >= 4 is 17.7 Å². The molecule has 0 radical (unpaired) electrons. The van der Waals surface area contributed by atoms with Gasteiger partial charge in [-0.1, -0.05) is 39.0 Å². The molecule has 0 aliphatic carbocycles. The van der Waals surface area contributed by atoms with E-state index in [-0.39, 0.29) is 0 Å². The predicted molar refractivity (Wildman–Crippen MR) is 70.9 cm³/mol. The number of carboxylic acid groups (broad SMARTS) is 1. The summed E-state index contributed by atoms with van der Waals surface area (Å²) in [5.41, 5.74) is 4.54. The Labute approximate surface area is 103 Å². The molecule has 0 aliphatic rings. The van der Waals surface area contributed by atoms with Gasteiger partial charge in [0, 0.05) is 5.75 Å². The number of carboxylic acids is 1. The number of aliphatic carboxylic acids is 1. The van der Waals surface area contributed by atoms with Crippen LogP contribution in [0.5, 0.6) is 0 Å². The lowest BCUT2D eigenvalue weighted by Crippen LogP contribution is -2.47. The van der Waals surface area contributed by atoms with Gasteiger partial charge in [-0.05, 0) is 19.1 Å². The SMILES string of the molecule is CCCCCCCCSCC(C)(N)C(=O)O. The van der Waals surface area contributed by atoms with Crippen molar-refractivity contribution in [1.29, 1.82) is 0 Å². The van der Waals surface area contributed by atoms with Crippen LogP contribution in [0.4, 0.5) is 0 Å². The zero-order valence-corrected chi connectivity index (χ0v) is 11.3. The van der Waals surface area contributed by atoms with Crippen LogP contribution in [0.2, 0.25) is 0 Å². The van der Waals surface area contributed by atoms with Crippen molar-refractivity contribution in [2.45, 2.75) is 57.9 Å². The molecule has 96 valence electrons. The van der Waals surface area contributed by atoms with Crippen LogP contribution in [0.15, 0.2) is 0 Å². The normalized spacial score (nSPS) is 14.7. The molecule has 0 amide bonds. The molecule has 0 spiro atoms. The fourth-order valence-corrected chi connectivity index (χ4v) is 2.43. The zero-order chi connectivity index (χ0) is 12.4. The van der Waals surface area contributed by atoms with Gasteiger partial charge in [-0.25, -0.2) is 0 Å². The van der Waals surface area contributed by atoms with Crippen LogP contribution in [-0.2, 0) is 4.79 Å². The summed E-state index contributed by atoms with van der Waals surface area (Å²) in [7, 11) is 0. The molecule has 1 atom stereocenters. The second-order valence-corrected chi connectivity index (χ2v) is 5.65. The standard InChI is InChI=1S/C12H25NO2S/c1-3-4-5-6-7-8-9-16-10-12(2,13)11(14)15/h3-10,13H2,1-2H3,(H,14,15). The summed E-state index contributed by atoms with van der Waals surface area (Å²) in [6.45, 7) is 3.79. The highest BCUT2D eigenvalue weighted by molar-refractivity contribution is 7.99. The number of carbonyl (C=O) groups is 1. The van der Waals surface area contributed by atoms with E-state index in [1.807, 2.05) is 0 Å². The maximum atomic E-state index is 10.7. The van der Waals surface area contributed by atoms with Gasteiger partial charge in [0.15, 0.2) is 0 Å². The number of rotatable bonds is 10. The third-order valence-electron chi connectivity index (χ3n) is 2.53. The lowest BCUT2D eigenvalue weighted by molar-refractivity contribution is -0.141. The number of hydrogen-bond donors (Lipinski definition) is 2. The highest BCUT2D eigenvalue weighted by Gasteiger charge is 2.27. The molecule has 3 N–H and O–H groups in total. The smallest absolute Gasteiger partial charge is 0.324 e. The molecule has 16 heavy (non-hydrogen) atoms. The predicted octanol–water partition coefficient (Wildman–Crippen LogP) is 2.88. The van der Waals surface area contributed by atoms with Crippen LogP contribution in [0, 0.1) is 0 Å². The largest absolute Gasteiger partial charge is 0.480 e. The first-order chi connectivity index (χ1) is 7.50. The quantitative estimate of drug-likeness (QED) is 0.583. The number of thioether (sulfide) groups is 1. The van der Waals surface area contributed by atoms with Crippen LogP contribution in [-0.4, -0.2) is 28.1 Å². The van der Waals surface area contributed by atoms with E-state index in [0.29, 0.717) is 5.75 Å². The minimum absolute atomic E-state index is 0.497. The van der Waals surface area contributed by atoms with Gasteiger partial charge >= 0.3 is 5.97 Å². The van der Waals surface area contributed by atoms with E-state index in [1.54, 1.807) is 18.7 Å². The molecule has 4 heteroatoms. The maximum absolute atomic E-state index is 10.7. The van der Waals surface area contributed by atoms with Gasteiger partial charge in [-0.2, -0.15) is 11.8 Å². The Morgan fingerprint density at radius 2 is 1.81 bits per heavy atom. The lowest BCUT2D eigenvalue weighted by atomic mass is 10.1. The summed E-state index contributed by atoms with van der Waals surface area (Å²) in [6.07, 6.45) is 7.65. The van der Waals surface area contributed by atoms with Crippen molar-refractivity contribution in [3.63, 3.8) is 0 Å². The molecule has 0 aliphatic heterocycles. The molecular formula is C12H25NO2S. The van der Waals surface area contributed by atoms with Crippen molar-refractivity contribution in [2.24, 2.45) is 5.73 Å². The first kappa shape index (κ1) is 15.8. The van der Waals surface area contributed by atoms with Crippen molar-refractivity contribution in [3.05, 3.63) is 0 Å². The lowest BCUT2D eigenvalue weighted by Gasteiger charge is -2.18. The van der Waals surface area contributed by atoms with Crippen molar-refractivity contribution in [1.82, 2.24) is 0 Å². The second-order valence-electron chi connectivity index (χ2n) is 4.54. The molecule has 0 saturated heterocycles. The molecule has 0 heterocycles. The van der Waals surface area contributed by atoms with E-state index >= 15 is 0 Å². The van der Waals surface area contributed by atoms with Crippen LogP contribution >= 0.6 is 11.8 Å². The monoisotopic (exact) mass is 247 g/mol. The van der Waals surface area contributed by atoms with E-state index in [0.717, 1.165) is 5.75 Å². The first-order valence-corrected chi connectivity index (χ1v) is 7.26. The van der Waals surface area contributed by atoms with Crippen LogP contribution in [0.1, 0.15) is 52.4 Å². The molecular weight excluding hydrogens is 222 g/mol. The number of unbranched alkanes of at least 4 members (excludes halogenated alkanes) is 5. The van der Waals surface area contributed by atoms with Crippen LogP contribution in [0.25, 0.3) is 0 Å². The Balaban J connectivity index is 3.30. The topological polar surface area (TPSA) is 63.3 Å². The molecule has 0 bridgehead atoms. The van der Waals surface area contributed by atoms with E-state index < -0.39 is 11.5 Å². The molecule has 0 saturated carbocycles.